The van der Waals surface area contributed by atoms with Crippen molar-refractivity contribution in [3.8, 4) is 5.75 Å². The van der Waals surface area contributed by atoms with E-state index < -0.39 is 102 Å². The quantitative estimate of drug-likeness (QED) is 0.0361. The van der Waals surface area contributed by atoms with Crippen molar-refractivity contribution in [3.05, 3.63) is 29.8 Å². The number of aliphatic hydroxyl groups excluding tert-OH is 2. The number of rotatable bonds is 32. The fourth-order valence-electron chi connectivity index (χ4n) is 8.00. The van der Waals surface area contributed by atoms with Gasteiger partial charge in [0.2, 0.25) is 47.1 Å². The predicted molar refractivity (Wildman–Crippen MR) is 258 cm³/mol. The van der Waals surface area contributed by atoms with E-state index in [1.807, 2.05) is 13.8 Å². The molecule has 10 N–H and O–H groups in total. The van der Waals surface area contributed by atoms with Crippen molar-refractivity contribution >= 4 is 53.0 Å². The van der Waals surface area contributed by atoms with Gasteiger partial charge in [0.25, 0.3) is 5.91 Å². The van der Waals surface area contributed by atoms with Gasteiger partial charge in [0.1, 0.15) is 36.0 Å². The van der Waals surface area contributed by atoms with Crippen LogP contribution in [0, 0.1) is 5.92 Å². The van der Waals surface area contributed by atoms with Crippen molar-refractivity contribution in [2.24, 2.45) is 5.92 Å². The Morgan fingerprint density at radius 2 is 1.22 bits per heavy atom. The van der Waals surface area contributed by atoms with Crippen LogP contribution in [0.1, 0.15) is 143 Å². The summed E-state index contributed by atoms with van der Waals surface area (Å²) < 4.78 is 0. The van der Waals surface area contributed by atoms with Crippen molar-refractivity contribution in [1.29, 1.82) is 0 Å². The zero-order chi connectivity index (χ0) is 51.6. The van der Waals surface area contributed by atoms with Gasteiger partial charge in [0.15, 0.2) is 0 Å². The lowest BCUT2D eigenvalue weighted by atomic mass is 10.0. The fraction of sp³-hybridized carbons (Fsp3) is 0.694. The van der Waals surface area contributed by atoms with Crippen molar-refractivity contribution in [3.63, 3.8) is 0 Å². The molecule has 0 bridgehead atoms. The Bertz CT molecular complexity index is 1840. The molecule has 8 amide bonds. The van der Waals surface area contributed by atoms with E-state index in [1.165, 1.54) is 102 Å². The van der Waals surface area contributed by atoms with Gasteiger partial charge < -0.3 is 57.4 Å². The zero-order valence-electron chi connectivity index (χ0n) is 41.7. The average molecular weight is 973 g/mol. The molecule has 0 aromatic heterocycles. The Kier molecular flexibility index (Phi) is 27.2. The number of aliphatic hydroxyl groups is 2. The Morgan fingerprint density at radius 1 is 0.667 bits per heavy atom. The molecule has 8 atom stereocenters. The summed E-state index contributed by atoms with van der Waals surface area (Å²) in [4.78, 5) is 119. The largest absolute Gasteiger partial charge is 0.508 e. The smallest absolute Gasteiger partial charge is 0.289 e. The van der Waals surface area contributed by atoms with E-state index >= 15 is 0 Å². The zero-order valence-corrected chi connectivity index (χ0v) is 41.7. The molecule has 0 saturated carbocycles. The molecular weight excluding hydrogens is 893 g/mol. The van der Waals surface area contributed by atoms with Crippen LogP contribution in [0.3, 0.4) is 0 Å². The first kappa shape index (κ1) is 59.5. The van der Waals surface area contributed by atoms with Crippen molar-refractivity contribution in [2.45, 2.75) is 193 Å². The summed E-state index contributed by atoms with van der Waals surface area (Å²) in [5, 5.41) is 48.2. The van der Waals surface area contributed by atoms with Crippen molar-refractivity contribution in [1.82, 2.24) is 42.1 Å². The molecule has 1 aromatic rings. The van der Waals surface area contributed by atoms with Crippen molar-refractivity contribution < 1.29 is 58.5 Å². The second-order valence-electron chi connectivity index (χ2n) is 18.6. The van der Waals surface area contributed by atoms with Crippen molar-refractivity contribution in [2.75, 3.05) is 20.1 Å². The van der Waals surface area contributed by atoms with Gasteiger partial charge in [-0.15, -0.1) is 0 Å². The number of unbranched alkanes of at least 4 members (excludes halogenated alkanes) is 10. The lowest BCUT2D eigenvalue weighted by Crippen LogP contribution is -2.61. The van der Waals surface area contributed by atoms with Gasteiger partial charge in [-0.3, -0.25) is 43.2 Å². The summed E-state index contributed by atoms with van der Waals surface area (Å²) in [5.41, 5.74) is 0.505. The van der Waals surface area contributed by atoms with Crippen LogP contribution in [0.2, 0.25) is 0 Å². The molecule has 0 aliphatic carbocycles. The maximum atomic E-state index is 14.0. The second kappa shape index (κ2) is 31.5. The van der Waals surface area contributed by atoms with Gasteiger partial charge in [-0.25, -0.2) is 0 Å². The molecule has 20 heteroatoms. The Labute approximate surface area is 407 Å². The van der Waals surface area contributed by atoms with E-state index in [9.17, 15) is 58.5 Å². The topological polar surface area (TPSA) is 302 Å². The fourth-order valence-corrected chi connectivity index (χ4v) is 8.00. The lowest BCUT2D eigenvalue weighted by Gasteiger charge is -2.32. The van der Waals surface area contributed by atoms with Gasteiger partial charge in [0, 0.05) is 26.4 Å². The third-order valence-corrected chi connectivity index (χ3v) is 12.0. The molecule has 1 aromatic carbocycles. The number of ketones is 1. The summed E-state index contributed by atoms with van der Waals surface area (Å²) in [5.74, 6) is -7.15. The molecule has 1 aliphatic heterocycles. The highest BCUT2D eigenvalue weighted by molar-refractivity contribution is 6.38. The Morgan fingerprint density at radius 3 is 1.77 bits per heavy atom. The standard InChI is InChI=1S/C49H80N8O12/c1-8-9-10-11-12-13-14-15-16-17-18-21-39(61)53-36(27-30(2)3)45(65)56-42(33(6)59)49(69)57-26-19-20-38(57)46(66)55-41(32(5)58)47(67)51-29-40(62)54-37(28-34-22-24-35(60)25-23-34)44(64)52-31(4)43(63)48(68)50-7/h22-25,30-33,36-38,41-42,58-60H,8-21,26-29H2,1-7H3,(H,50,68)(H,51,67)(H,52,64)(H,53,61)(H,54,62)(H,55,66)(H,56,65)/t31?,32?,33?,36-,37-,38+,41?,42?/m0/s1. The molecule has 1 aliphatic rings. The monoisotopic (exact) mass is 973 g/mol. The molecular formula is C49H80N8O12. The number of hydrogen-bond acceptors (Lipinski definition) is 12. The molecule has 1 saturated heterocycles. The minimum absolute atomic E-state index is 0.00643. The number of nitrogens with one attached hydrogen (secondary N) is 7. The Hall–Kier alpha value is -5.63. The van der Waals surface area contributed by atoms with Gasteiger partial charge >= 0.3 is 0 Å². The first-order valence-corrected chi connectivity index (χ1v) is 24.7. The van der Waals surface area contributed by atoms with Crippen LogP contribution in [-0.4, -0.2) is 142 Å². The number of carbonyl (C=O) groups excluding carboxylic acids is 9. The number of nitrogens with zero attached hydrogens (tertiary/aromatic N) is 1. The number of amides is 8. The molecule has 388 valence electrons. The maximum absolute atomic E-state index is 14.0. The normalized spacial score (nSPS) is 16.4. The molecule has 1 fully saturated rings. The molecule has 1 heterocycles. The first-order valence-electron chi connectivity index (χ1n) is 24.7. The van der Waals surface area contributed by atoms with Gasteiger partial charge in [0.05, 0.1) is 24.8 Å². The van der Waals surface area contributed by atoms with E-state index in [2.05, 4.69) is 44.1 Å². The highest BCUT2D eigenvalue weighted by atomic mass is 16.3. The van der Waals surface area contributed by atoms with Crippen LogP contribution in [0.4, 0.5) is 0 Å². The lowest BCUT2D eigenvalue weighted by molar-refractivity contribution is -0.145. The van der Waals surface area contributed by atoms with Crippen LogP contribution in [0.15, 0.2) is 24.3 Å². The number of carbonyl (C=O) groups is 9. The minimum Gasteiger partial charge on any atom is -0.508 e. The molecule has 0 radical (unpaired) electrons. The third-order valence-electron chi connectivity index (χ3n) is 12.0. The molecule has 2 rings (SSSR count). The van der Waals surface area contributed by atoms with Crippen LogP contribution >= 0.6 is 0 Å². The molecule has 20 nitrogen and oxygen atoms in total. The summed E-state index contributed by atoms with van der Waals surface area (Å²) >= 11 is 0. The second-order valence-corrected chi connectivity index (χ2v) is 18.6. The third kappa shape index (κ3) is 21.7. The number of likely N-dealkylation sites (tertiary alicyclic amines) is 1. The van der Waals surface area contributed by atoms with Gasteiger partial charge in [-0.05, 0) is 70.1 Å². The predicted octanol–water partition coefficient (Wildman–Crippen LogP) is 1.31. The molecule has 69 heavy (non-hydrogen) atoms. The SMILES string of the molecule is CCCCCCCCCCCCCC(=O)N[C@@H](CC(C)C)C(=O)NC(C(=O)N1CCC[C@@H]1C(=O)NC(C(=O)NCC(=O)N[C@@H](Cc1ccc(O)cc1)C(=O)NC(C)C(=O)C(=O)NC)C(C)O)C(C)O. The van der Waals surface area contributed by atoms with E-state index in [0.717, 1.165) is 19.3 Å². The average Bonchev–Trinajstić information content (AvgIpc) is 3.80. The summed E-state index contributed by atoms with van der Waals surface area (Å²) in [6.07, 6.45) is 10.5. The van der Waals surface area contributed by atoms with Gasteiger partial charge in [-0.1, -0.05) is 97.1 Å². The number of benzene rings is 1. The van der Waals surface area contributed by atoms with E-state index in [-0.39, 0.29) is 49.8 Å². The summed E-state index contributed by atoms with van der Waals surface area (Å²) in [6.45, 7) is 9.16. The highest BCUT2D eigenvalue weighted by Gasteiger charge is 2.41. The number of phenolic OH excluding ortho intramolecular Hbond substituents is 1. The number of likely N-dealkylation sites (N-methyl/N-ethyl adjacent to an activating group) is 1. The van der Waals surface area contributed by atoms with E-state index in [1.54, 1.807) is 0 Å². The maximum Gasteiger partial charge on any atom is 0.289 e. The number of aromatic hydroxyl groups is 1. The van der Waals surface area contributed by atoms with Crippen LogP contribution in [0.5, 0.6) is 5.75 Å². The summed E-state index contributed by atoms with van der Waals surface area (Å²) in [6, 6.07) is -2.10. The van der Waals surface area contributed by atoms with E-state index in [0.29, 0.717) is 18.4 Å². The highest BCUT2D eigenvalue weighted by Crippen LogP contribution is 2.21. The molecule has 5 unspecified atom stereocenters. The minimum atomic E-state index is -1.62. The van der Waals surface area contributed by atoms with Gasteiger partial charge in [-0.2, -0.15) is 0 Å². The number of hydrogen-bond donors (Lipinski definition) is 10. The number of phenols is 1. The first-order chi connectivity index (χ1) is 32.7. The summed E-state index contributed by atoms with van der Waals surface area (Å²) in [7, 11) is 1.25. The Balaban J connectivity index is 2.05. The number of Topliss-reactive ketones (excluding diaryl/α,β-unsaturated/α-hetero) is 1. The van der Waals surface area contributed by atoms with E-state index in [4.69, 9.17) is 0 Å². The van der Waals surface area contributed by atoms with Crippen LogP contribution < -0.4 is 37.2 Å². The van der Waals surface area contributed by atoms with Crippen LogP contribution in [0.25, 0.3) is 0 Å². The molecule has 0 spiro atoms. The van der Waals surface area contributed by atoms with Crippen LogP contribution in [-0.2, 0) is 49.6 Å².